The highest BCUT2D eigenvalue weighted by molar-refractivity contribution is 7.71. The van der Waals surface area contributed by atoms with Crippen molar-refractivity contribution in [2.75, 3.05) is 19.8 Å². The Morgan fingerprint density at radius 3 is 3.04 bits per heavy atom. The Bertz CT molecular complexity index is 955. The summed E-state index contributed by atoms with van der Waals surface area (Å²) < 4.78 is 13.1. The van der Waals surface area contributed by atoms with E-state index in [1.165, 1.54) is 0 Å². The van der Waals surface area contributed by atoms with Crippen molar-refractivity contribution in [1.82, 2.24) is 14.5 Å². The van der Waals surface area contributed by atoms with Gasteiger partial charge in [-0.3, -0.25) is 4.79 Å². The van der Waals surface area contributed by atoms with Gasteiger partial charge in [-0.1, -0.05) is 0 Å². The van der Waals surface area contributed by atoms with E-state index >= 15 is 0 Å². The molecule has 1 fully saturated rings. The van der Waals surface area contributed by atoms with E-state index in [2.05, 4.69) is 4.98 Å². The zero-order valence-corrected chi connectivity index (χ0v) is 14.0. The van der Waals surface area contributed by atoms with Gasteiger partial charge in [0.05, 0.1) is 24.8 Å². The number of aromatic nitrogens is 2. The van der Waals surface area contributed by atoms with Crippen molar-refractivity contribution >= 4 is 29.2 Å². The third-order valence-electron chi connectivity index (χ3n) is 4.38. The summed E-state index contributed by atoms with van der Waals surface area (Å²) in [5.74, 6) is -0.0336. The molecule has 1 atom stereocenters. The number of rotatable bonds is 2. The lowest BCUT2D eigenvalue weighted by molar-refractivity contribution is -0.00462. The largest absolute Gasteiger partial charge is 0.429 e. The lowest BCUT2D eigenvalue weighted by Gasteiger charge is -2.36. The first-order chi connectivity index (χ1) is 11.6. The van der Waals surface area contributed by atoms with Crippen molar-refractivity contribution in [3.63, 3.8) is 0 Å². The molecule has 1 N–H and O–H groups in total. The van der Waals surface area contributed by atoms with Crippen LogP contribution in [0.25, 0.3) is 11.1 Å². The normalized spacial score (nSPS) is 18.2. The Labute approximate surface area is 143 Å². The number of amides is 1. The van der Waals surface area contributed by atoms with Gasteiger partial charge in [0.15, 0.2) is 5.58 Å². The highest BCUT2D eigenvalue weighted by Crippen LogP contribution is 2.27. The molecule has 0 unspecified atom stereocenters. The first-order valence-corrected chi connectivity index (χ1v) is 8.17. The van der Waals surface area contributed by atoms with Crippen LogP contribution >= 0.6 is 12.2 Å². The van der Waals surface area contributed by atoms with Crippen LogP contribution in [-0.4, -0.2) is 40.1 Å². The lowest BCUT2D eigenvalue weighted by Crippen LogP contribution is -2.44. The average molecular weight is 343 g/mol. The minimum absolute atomic E-state index is 0.0336. The SMILES string of the molecule is Cn1cccc1[C@H]1COCCN1C(=O)c1ccc2[nH]c(=S)oc2c1. The van der Waals surface area contributed by atoms with Gasteiger partial charge in [0.25, 0.3) is 10.7 Å². The van der Waals surface area contributed by atoms with E-state index in [4.69, 9.17) is 21.4 Å². The maximum atomic E-state index is 13.1. The Kier molecular flexibility index (Phi) is 3.74. The number of fused-ring (bicyclic) bond motifs is 1. The van der Waals surface area contributed by atoms with Gasteiger partial charge in [0.2, 0.25) is 0 Å². The quantitative estimate of drug-likeness (QED) is 0.727. The van der Waals surface area contributed by atoms with E-state index in [9.17, 15) is 4.79 Å². The van der Waals surface area contributed by atoms with Crippen molar-refractivity contribution in [3.8, 4) is 0 Å². The summed E-state index contributed by atoms with van der Waals surface area (Å²) in [6.07, 6.45) is 1.97. The third-order valence-corrected chi connectivity index (χ3v) is 4.57. The van der Waals surface area contributed by atoms with E-state index in [0.29, 0.717) is 35.7 Å². The van der Waals surface area contributed by atoms with Crippen LogP contribution in [0.2, 0.25) is 0 Å². The molecule has 0 radical (unpaired) electrons. The molecule has 1 amide bonds. The first kappa shape index (κ1) is 15.2. The molecule has 0 aliphatic carbocycles. The van der Waals surface area contributed by atoms with E-state index < -0.39 is 0 Å². The summed E-state index contributed by atoms with van der Waals surface area (Å²) in [4.78, 5) is 18.2. The van der Waals surface area contributed by atoms with Crippen molar-refractivity contribution in [2.24, 2.45) is 7.05 Å². The number of H-pyrrole nitrogens is 1. The number of oxazole rings is 1. The molecular weight excluding hydrogens is 326 g/mol. The number of nitrogens with one attached hydrogen (secondary N) is 1. The number of aryl methyl sites for hydroxylation is 1. The molecule has 1 aliphatic heterocycles. The second kappa shape index (κ2) is 5.92. The number of carbonyl (C=O) groups excluding carboxylic acids is 1. The average Bonchev–Trinajstić information content (AvgIpc) is 3.17. The minimum Gasteiger partial charge on any atom is -0.429 e. The van der Waals surface area contributed by atoms with Crippen LogP contribution in [0.1, 0.15) is 22.1 Å². The van der Waals surface area contributed by atoms with Crippen molar-refractivity contribution in [3.05, 3.63) is 52.6 Å². The maximum Gasteiger partial charge on any atom is 0.266 e. The van der Waals surface area contributed by atoms with Gasteiger partial charge in [0, 0.05) is 31.0 Å². The molecule has 2 aromatic heterocycles. The van der Waals surface area contributed by atoms with Gasteiger partial charge >= 0.3 is 0 Å². The predicted octanol–water partition coefficient (Wildman–Crippen LogP) is 3.04. The van der Waals surface area contributed by atoms with E-state index in [0.717, 1.165) is 11.2 Å². The smallest absolute Gasteiger partial charge is 0.266 e. The van der Waals surface area contributed by atoms with Crippen LogP contribution in [0, 0.1) is 4.84 Å². The van der Waals surface area contributed by atoms with E-state index in [-0.39, 0.29) is 11.9 Å². The number of benzene rings is 1. The summed E-state index contributed by atoms with van der Waals surface area (Å²) >= 11 is 5.00. The van der Waals surface area contributed by atoms with Gasteiger partial charge < -0.3 is 23.6 Å². The molecule has 124 valence electrons. The molecule has 7 heteroatoms. The predicted molar refractivity (Wildman–Crippen MR) is 91.4 cm³/mol. The maximum absolute atomic E-state index is 13.1. The van der Waals surface area contributed by atoms with Gasteiger partial charge in [-0.2, -0.15) is 0 Å². The Hall–Kier alpha value is -2.38. The molecule has 24 heavy (non-hydrogen) atoms. The fraction of sp³-hybridized carbons (Fsp3) is 0.294. The second-order valence-corrected chi connectivity index (χ2v) is 6.23. The van der Waals surface area contributed by atoms with Crippen molar-refractivity contribution < 1.29 is 13.9 Å². The second-order valence-electron chi connectivity index (χ2n) is 5.86. The van der Waals surface area contributed by atoms with Crippen LogP contribution in [-0.2, 0) is 11.8 Å². The van der Waals surface area contributed by atoms with Gasteiger partial charge in [-0.05, 0) is 42.5 Å². The molecule has 0 bridgehead atoms. The van der Waals surface area contributed by atoms with Crippen LogP contribution < -0.4 is 0 Å². The first-order valence-electron chi connectivity index (χ1n) is 7.76. The number of aromatic amines is 1. The molecule has 6 nitrogen and oxygen atoms in total. The highest BCUT2D eigenvalue weighted by atomic mass is 32.1. The fourth-order valence-corrected chi connectivity index (χ4v) is 3.36. The van der Waals surface area contributed by atoms with E-state index in [1.54, 1.807) is 12.1 Å². The molecule has 0 spiro atoms. The summed E-state index contributed by atoms with van der Waals surface area (Å²) in [5, 5.41) is 0. The zero-order chi connectivity index (χ0) is 16.7. The standard InChI is InChI=1S/C17H17N3O3S/c1-19-6-2-3-13(19)14-10-22-8-7-20(14)16(21)11-4-5-12-15(9-11)23-17(24)18-12/h2-6,9,14H,7-8,10H2,1H3,(H,18,24)/t14-/m1/s1. The third kappa shape index (κ3) is 2.55. The van der Waals surface area contributed by atoms with Crippen molar-refractivity contribution in [1.29, 1.82) is 0 Å². The van der Waals surface area contributed by atoms with Gasteiger partial charge in [-0.15, -0.1) is 0 Å². The molecule has 0 saturated carbocycles. The highest BCUT2D eigenvalue weighted by Gasteiger charge is 2.30. The Morgan fingerprint density at radius 1 is 1.38 bits per heavy atom. The van der Waals surface area contributed by atoms with Crippen LogP contribution in [0.4, 0.5) is 0 Å². The lowest BCUT2D eigenvalue weighted by atomic mass is 10.1. The minimum atomic E-state index is -0.0976. The summed E-state index contributed by atoms with van der Waals surface area (Å²) in [6.45, 7) is 1.60. The molecule has 4 rings (SSSR count). The fourth-order valence-electron chi connectivity index (χ4n) is 3.16. The summed E-state index contributed by atoms with van der Waals surface area (Å²) in [7, 11) is 1.97. The Balaban J connectivity index is 1.69. The molecular formula is C17H17N3O3S. The molecule has 1 aliphatic rings. The topological polar surface area (TPSA) is 63.4 Å². The van der Waals surface area contributed by atoms with E-state index in [1.807, 2.05) is 40.9 Å². The number of ether oxygens (including phenoxy) is 1. The van der Waals surface area contributed by atoms with Gasteiger partial charge in [0.1, 0.15) is 0 Å². The summed E-state index contributed by atoms with van der Waals surface area (Å²) in [5.41, 5.74) is 3.02. The monoisotopic (exact) mass is 343 g/mol. The number of carbonyl (C=O) groups is 1. The number of hydrogen-bond donors (Lipinski definition) is 1. The zero-order valence-electron chi connectivity index (χ0n) is 13.2. The molecule has 3 heterocycles. The Morgan fingerprint density at radius 2 is 2.25 bits per heavy atom. The molecule has 1 saturated heterocycles. The van der Waals surface area contributed by atoms with Crippen LogP contribution in [0.15, 0.2) is 40.9 Å². The number of morpholine rings is 1. The number of nitrogens with zero attached hydrogens (tertiary/aromatic N) is 2. The van der Waals surface area contributed by atoms with Crippen LogP contribution in [0.5, 0.6) is 0 Å². The van der Waals surface area contributed by atoms with Crippen molar-refractivity contribution in [2.45, 2.75) is 6.04 Å². The molecule has 1 aromatic carbocycles. The number of hydrogen-bond acceptors (Lipinski definition) is 4. The van der Waals surface area contributed by atoms with Gasteiger partial charge in [-0.25, -0.2) is 0 Å². The summed E-state index contributed by atoms with van der Waals surface area (Å²) in [6, 6.07) is 9.25. The molecule has 3 aromatic rings. The van der Waals surface area contributed by atoms with Crippen LogP contribution in [0.3, 0.4) is 0 Å².